The summed E-state index contributed by atoms with van der Waals surface area (Å²) in [4.78, 5) is 5.75. The molecule has 1 N–H and O–H groups in total. The number of fused-ring (bicyclic) bond motifs is 1. The van der Waals surface area contributed by atoms with Gasteiger partial charge in [0, 0.05) is 18.5 Å². The minimum Gasteiger partial charge on any atom is -0.355 e. The minimum absolute atomic E-state index is 0.736. The molecule has 1 aromatic carbocycles. The zero-order valence-corrected chi connectivity index (χ0v) is 6.81. The van der Waals surface area contributed by atoms with Crippen LogP contribution in [0.1, 0.15) is 0 Å². The SMILES string of the molecule is CN1C=c2ccccc2=NC1O. The van der Waals surface area contributed by atoms with Gasteiger partial charge in [-0.2, -0.15) is 0 Å². The standard InChI is InChI=1S/C9H10N2O/c1-11-6-7-4-2-3-5-8(7)10-9(11)12/h2-6,9,12H,1H3. The molecule has 0 bridgehead atoms. The summed E-state index contributed by atoms with van der Waals surface area (Å²) in [5, 5.41) is 11.2. The average molecular weight is 162 g/mol. The lowest BCUT2D eigenvalue weighted by atomic mass is 10.3. The van der Waals surface area contributed by atoms with E-state index in [1.165, 1.54) is 0 Å². The Morgan fingerprint density at radius 3 is 3.00 bits per heavy atom. The lowest BCUT2D eigenvalue weighted by Crippen LogP contribution is -2.39. The lowest BCUT2D eigenvalue weighted by Gasteiger charge is -2.20. The molecule has 1 heterocycles. The largest absolute Gasteiger partial charge is 0.355 e. The molecule has 0 aromatic heterocycles. The van der Waals surface area contributed by atoms with Crippen molar-refractivity contribution in [2.75, 3.05) is 7.05 Å². The number of aliphatic hydroxyl groups is 1. The molecule has 0 saturated heterocycles. The molecular formula is C9H10N2O. The first kappa shape index (κ1) is 7.31. The molecule has 0 radical (unpaired) electrons. The third-order valence-corrected chi connectivity index (χ3v) is 1.90. The van der Waals surface area contributed by atoms with Crippen LogP contribution in [0, 0.1) is 0 Å². The van der Waals surface area contributed by atoms with Crippen molar-refractivity contribution in [1.29, 1.82) is 0 Å². The number of hydrogen-bond acceptors (Lipinski definition) is 3. The highest BCUT2D eigenvalue weighted by molar-refractivity contribution is 5.23. The van der Waals surface area contributed by atoms with E-state index in [0.29, 0.717) is 0 Å². The molecular weight excluding hydrogens is 152 g/mol. The molecule has 1 unspecified atom stereocenters. The van der Waals surface area contributed by atoms with E-state index < -0.39 is 6.35 Å². The van der Waals surface area contributed by atoms with E-state index in [1.807, 2.05) is 30.5 Å². The van der Waals surface area contributed by atoms with Gasteiger partial charge in [-0.3, -0.25) is 0 Å². The van der Waals surface area contributed by atoms with Crippen LogP contribution in [-0.2, 0) is 0 Å². The Hall–Kier alpha value is -1.35. The number of hydrogen-bond donors (Lipinski definition) is 1. The summed E-state index contributed by atoms with van der Waals surface area (Å²) < 4.78 is 0. The van der Waals surface area contributed by atoms with Crippen LogP contribution in [0.2, 0.25) is 0 Å². The van der Waals surface area contributed by atoms with Crippen LogP contribution in [0.3, 0.4) is 0 Å². The second kappa shape index (κ2) is 2.60. The van der Waals surface area contributed by atoms with Gasteiger partial charge in [-0.25, -0.2) is 4.99 Å². The van der Waals surface area contributed by atoms with Crippen molar-refractivity contribution in [2.45, 2.75) is 6.35 Å². The summed E-state index contributed by atoms with van der Waals surface area (Å²) in [6, 6.07) is 7.73. The van der Waals surface area contributed by atoms with Gasteiger partial charge in [-0.05, 0) is 6.07 Å². The average Bonchev–Trinajstić information content (AvgIpc) is 2.07. The maximum Gasteiger partial charge on any atom is 0.225 e. The Morgan fingerprint density at radius 1 is 1.42 bits per heavy atom. The Morgan fingerprint density at radius 2 is 2.17 bits per heavy atom. The van der Waals surface area contributed by atoms with Gasteiger partial charge in [0.05, 0.1) is 5.36 Å². The van der Waals surface area contributed by atoms with Gasteiger partial charge in [0.2, 0.25) is 6.35 Å². The topological polar surface area (TPSA) is 35.8 Å². The zero-order chi connectivity index (χ0) is 8.55. The second-order valence-corrected chi connectivity index (χ2v) is 2.83. The number of para-hydroxylation sites is 1. The fourth-order valence-corrected chi connectivity index (χ4v) is 1.22. The van der Waals surface area contributed by atoms with Crippen LogP contribution in [0.5, 0.6) is 0 Å². The smallest absolute Gasteiger partial charge is 0.225 e. The van der Waals surface area contributed by atoms with E-state index in [1.54, 1.807) is 11.9 Å². The van der Waals surface area contributed by atoms with E-state index in [9.17, 15) is 5.11 Å². The van der Waals surface area contributed by atoms with Crippen molar-refractivity contribution in [3.05, 3.63) is 34.8 Å². The van der Waals surface area contributed by atoms with Crippen LogP contribution in [-0.4, -0.2) is 23.4 Å². The summed E-state index contributed by atoms with van der Waals surface area (Å²) in [6.45, 7) is 0. The molecule has 0 amide bonds. The fourth-order valence-electron chi connectivity index (χ4n) is 1.22. The summed E-state index contributed by atoms with van der Waals surface area (Å²) >= 11 is 0. The number of rotatable bonds is 0. The van der Waals surface area contributed by atoms with Crippen LogP contribution in [0.25, 0.3) is 6.20 Å². The van der Waals surface area contributed by atoms with Crippen molar-refractivity contribution in [3.8, 4) is 0 Å². The zero-order valence-electron chi connectivity index (χ0n) is 6.81. The molecule has 0 fully saturated rings. The third kappa shape index (κ3) is 1.08. The van der Waals surface area contributed by atoms with Gasteiger partial charge in [0.25, 0.3) is 0 Å². The summed E-state index contributed by atoms with van der Waals surface area (Å²) in [7, 11) is 1.80. The van der Waals surface area contributed by atoms with Crippen molar-refractivity contribution >= 4 is 6.20 Å². The number of benzene rings is 1. The number of nitrogens with zero attached hydrogens (tertiary/aromatic N) is 2. The van der Waals surface area contributed by atoms with Gasteiger partial charge in [0.15, 0.2) is 0 Å². The third-order valence-electron chi connectivity index (χ3n) is 1.90. The molecule has 3 nitrogen and oxygen atoms in total. The molecule has 1 aromatic rings. The normalized spacial score (nSPS) is 20.8. The summed E-state index contributed by atoms with van der Waals surface area (Å²) in [5.41, 5.74) is 0. The van der Waals surface area contributed by atoms with Crippen molar-refractivity contribution in [1.82, 2.24) is 4.90 Å². The molecule has 0 aliphatic carbocycles. The van der Waals surface area contributed by atoms with E-state index in [2.05, 4.69) is 4.99 Å². The maximum atomic E-state index is 9.35. The Bertz CT molecular complexity index is 360. The maximum absolute atomic E-state index is 9.35. The van der Waals surface area contributed by atoms with Crippen molar-refractivity contribution in [3.63, 3.8) is 0 Å². The predicted octanol–water partition coefficient (Wildman–Crippen LogP) is -0.734. The van der Waals surface area contributed by atoms with Gasteiger partial charge in [0.1, 0.15) is 0 Å². The van der Waals surface area contributed by atoms with E-state index in [0.717, 1.165) is 10.6 Å². The van der Waals surface area contributed by atoms with Crippen LogP contribution in [0.4, 0.5) is 0 Å². The van der Waals surface area contributed by atoms with Crippen LogP contribution in [0.15, 0.2) is 29.3 Å². The quantitative estimate of drug-likeness (QED) is 0.545. The monoisotopic (exact) mass is 162 g/mol. The molecule has 62 valence electrons. The second-order valence-electron chi connectivity index (χ2n) is 2.83. The number of aliphatic hydroxyl groups excluding tert-OH is 1. The Kier molecular flexibility index (Phi) is 1.59. The van der Waals surface area contributed by atoms with E-state index in [4.69, 9.17) is 0 Å². The molecule has 3 heteroatoms. The summed E-state index contributed by atoms with van der Waals surface area (Å²) in [5.74, 6) is 0. The van der Waals surface area contributed by atoms with Crippen molar-refractivity contribution < 1.29 is 5.11 Å². The summed E-state index contributed by atoms with van der Waals surface area (Å²) in [6.07, 6.45) is 1.15. The van der Waals surface area contributed by atoms with Gasteiger partial charge < -0.3 is 10.0 Å². The fraction of sp³-hybridized carbons (Fsp3) is 0.222. The van der Waals surface area contributed by atoms with Gasteiger partial charge in [-0.1, -0.05) is 18.2 Å². The highest BCUT2D eigenvalue weighted by Crippen LogP contribution is 1.95. The van der Waals surface area contributed by atoms with Crippen molar-refractivity contribution in [2.24, 2.45) is 4.99 Å². The first-order valence-corrected chi connectivity index (χ1v) is 3.82. The molecule has 1 atom stereocenters. The highest BCUT2D eigenvalue weighted by atomic mass is 16.3. The minimum atomic E-state index is -0.736. The molecule has 0 spiro atoms. The highest BCUT2D eigenvalue weighted by Gasteiger charge is 2.07. The molecule has 2 rings (SSSR count). The molecule has 1 aliphatic heterocycles. The first-order chi connectivity index (χ1) is 5.77. The Balaban J connectivity index is 2.70. The molecule has 1 aliphatic rings. The molecule has 0 saturated carbocycles. The first-order valence-electron chi connectivity index (χ1n) is 3.82. The Labute approximate surface area is 70.3 Å². The lowest BCUT2D eigenvalue weighted by molar-refractivity contribution is 0.0687. The molecule has 12 heavy (non-hydrogen) atoms. The van der Waals surface area contributed by atoms with Gasteiger partial charge >= 0.3 is 0 Å². The van der Waals surface area contributed by atoms with E-state index >= 15 is 0 Å². The van der Waals surface area contributed by atoms with E-state index in [-0.39, 0.29) is 0 Å². The van der Waals surface area contributed by atoms with Gasteiger partial charge in [-0.15, -0.1) is 0 Å². The van der Waals surface area contributed by atoms with Crippen LogP contribution < -0.4 is 10.6 Å². The van der Waals surface area contributed by atoms with Crippen LogP contribution >= 0.6 is 0 Å². The predicted molar refractivity (Wildman–Crippen MR) is 45.5 cm³/mol.